The predicted molar refractivity (Wildman–Crippen MR) is 81.2 cm³/mol. The number of pyridine rings is 1. The summed E-state index contributed by atoms with van der Waals surface area (Å²) in [6.07, 6.45) is -0.326. The summed E-state index contributed by atoms with van der Waals surface area (Å²) < 4.78 is 15.9. The Hall–Kier alpha value is -0.750. The molecule has 2 unspecified atom stereocenters. The van der Waals surface area contributed by atoms with Crippen molar-refractivity contribution in [3.05, 3.63) is 21.3 Å². The lowest BCUT2D eigenvalue weighted by molar-refractivity contribution is -0.176. The molecule has 0 radical (unpaired) electrons. The number of esters is 1. The number of aromatic nitrogens is 1. The van der Waals surface area contributed by atoms with Gasteiger partial charge < -0.3 is 14.2 Å². The van der Waals surface area contributed by atoms with Gasteiger partial charge in [-0.3, -0.25) is 4.79 Å². The van der Waals surface area contributed by atoms with Crippen molar-refractivity contribution >= 4 is 40.8 Å². The summed E-state index contributed by atoms with van der Waals surface area (Å²) in [6.45, 7) is 5.06. The second-order valence-corrected chi connectivity index (χ2v) is 5.38. The van der Waals surface area contributed by atoms with Gasteiger partial charge >= 0.3 is 5.97 Å². The van der Waals surface area contributed by atoms with Crippen LogP contribution in [0.15, 0.2) is 6.07 Å². The summed E-state index contributed by atoms with van der Waals surface area (Å²) in [6, 6.07) is 1.46. The smallest absolute Gasteiger partial charge is 0.304 e. The van der Waals surface area contributed by atoms with Crippen LogP contribution in [0.4, 0.5) is 0 Å². The number of hydrogen-bond acceptors (Lipinski definition) is 5. The van der Waals surface area contributed by atoms with E-state index in [9.17, 15) is 4.79 Å². The molecule has 0 spiro atoms. The van der Waals surface area contributed by atoms with Crippen LogP contribution in [-0.4, -0.2) is 30.0 Å². The first kappa shape index (κ1) is 18.3. The molecule has 0 saturated heterocycles. The van der Waals surface area contributed by atoms with E-state index >= 15 is 0 Å². The number of carbonyl (C=O) groups excluding carboxylic acids is 1. The largest absolute Gasteiger partial charge is 0.471 e. The van der Waals surface area contributed by atoms with Crippen molar-refractivity contribution in [1.29, 1.82) is 0 Å². The molecular formula is C13H16Cl3NO4. The molecule has 0 bridgehead atoms. The molecule has 0 saturated carbocycles. The van der Waals surface area contributed by atoms with Crippen LogP contribution in [0, 0.1) is 0 Å². The maximum Gasteiger partial charge on any atom is 0.304 e. The minimum atomic E-state index is -0.655. The standard InChI is InChI=1S/C13H16Cl3NO4/c1-4-9(6-19-8(3)20-7(2)18)21-13-11(15)5-10(14)12(16)17-13/h5,8-9H,4,6H2,1-3H3. The van der Waals surface area contributed by atoms with Crippen molar-refractivity contribution in [3.63, 3.8) is 0 Å². The van der Waals surface area contributed by atoms with E-state index in [4.69, 9.17) is 49.0 Å². The quantitative estimate of drug-likeness (QED) is 0.418. The zero-order valence-electron chi connectivity index (χ0n) is 11.9. The molecule has 8 heteroatoms. The lowest BCUT2D eigenvalue weighted by Gasteiger charge is -2.20. The molecule has 118 valence electrons. The molecule has 0 fully saturated rings. The molecule has 5 nitrogen and oxygen atoms in total. The van der Waals surface area contributed by atoms with Gasteiger partial charge in [0.15, 0.2) is 11.4 Å². The van der Waals surface area contributed by atoms with Gasteiger partial charge in [-0.15, -0.1) is 0 Å². The van der Waals surface area contributed by atoms with Crippen LogP contribution in [0.1, 0.15) is 27.2 Å². The third kappa shape index (κ3) is 6.26. The van der Waals surface area contributed by atoms with Crippen molar-refractivity contribution in [2.24, 2.45) is 0 Å². The average molecular weight is 357 g/mol. The number of hydrogen-bond donors (Lipinski definition) is 0. The van der Waals surface area contributed by atoms with E-state index in [0.717, 1.165) is 0 Å². The maximum atomic E-state index is 10.8. The molecule has 0 N–H and O–H groups in total. The summed E-state index contributed by atoms with van der Waals surface area (Å²) in [5.74, 6) is -0.229. The van der Waals surface area contributed by atoms with Gasteiger partial charge in [-0.1, -0.05) is 41.7 Å². The summed E-state index contributed by atoms with van der Waals surface area (Å²) in [5, 5.41) is 0.623. The van der Waals surface area contributed by atoms with Crippen LogP contribution in [-0.2, 0) is 14.3 Å². The molecular weight excluding hydrogens is 341 g/mol. The van der Waals surface area contributed by atoms with Crippen LogP contribution in [0.5, 0.6) is 5.88 Å². The Labute approximate surface area is 138 Å². The van der Waals surface area contributed by atoms with Crippen molar-refractivity contribution in [1.82, 2.24) is 4.98 Å². The molecule has 0 aliphatic carbocycles. The third-order valence-corrected chi connectivity index (χ3v) is 3.38. The van der Waals surface area contributed by atoms with Gasteiger partial charge in [0.05, 0.1) is 11.6 Å². The molecule has 2 atom stereocenters. The fourth-order valence-electron chi connectivity index (χ4n) is 1.41. The van der Waals surface area contributed by atoms with Crippen LogP contribution >= 0.6 is 34.8 Å². The first-order valence-electron chi connectivity index (χ1n) is 6.30. The van der Waals surface area contributed by atoms with Gasteiger partial charge in [-0.05, 0) is 19.4 Å². The highest BCUT2D eigenvalue weighted by atomic mass is 35.5. The van der Waals surface area contributed by atoms with Crippen LogP contribution < -0.4 is 4.74 Å². The van der Waals surface area contributed by atoms with Gasteiger partial charge in [0.25, 0.3) is 0 Å². The SMILES string of the molecule is CCC(COC(C)OC(C)=O)Oc1nc(Cl)c(Cl)cc1Cl. The number of nitrogens with zero attached hydrogens (tertiary/aromatic N) is 1. The van der Waals surface area contributed by atoms with E-state index in [0.29, 0.717) is 6.42 Å². The second kappa shape index (κ2) is 8.63. The van der Waals surface area contributed by atoms with Crippen molar-refractivity contribution < 1.29 is 19.0 Å². The Bertz CT molecular complexity index is 499. The van der Waals surface area contributed by atoms with Crippen molar-refractivity contribution in [3.8, 4) is 5.88 Å². The van der Waals surface area contributed by atoms with E-state index in [1.807, 2.05) is 6.92 Å². The van der Waals surface area contributed by atoms with Crippen molar-refractivity contribution in [2.45, 2.75) is 39.6 Å². The van der Waals surface area contributed by atoms with E-state index < -0.39 is 12.3 Å². The minimum Gasteiger partial charge on any atom is -0.471 e. The highest BCUT2D eigenvalue weighted by molar-refractivity contribution is 6.42. The molecule has 0 aliphatic rings. The summed E-state index contributed by atoms with van der Waals surface area (Å²) in [7, 11) is 0. The van der Waals surface area contributed by atoms with E-state index in [1.54, 1.807) is 6.92 Å². The van der Waals surface area contributed by atoms with Gasteiger partial charge in [-0.2, -0.15) is 4.98 Å². The molecule has 21 heavy (non-hydrogen) atoms. The van der Waals surface area contributed by atoms with E-state index in [2.05, 4.69) is 4.98 Å². The number of carbonyl (C=O) groups is 1. The molecule has 1 aromatic heterocycles. The van der Waals surface area contributed by atoms with Gasteiger partial charge in [0, 0.05) is 6.92 Å². The first-order valence-corrected chi connectivity index (χ1v) is 7.43. The van der Waals surface area contributed by atoms with Crippen LogP contribution in [0.3, 0.4) is 0 Å². The molecule has 1 aromatic rings. The van der Waals surface area contributed by atoms with Gasteiger partial charge in [0.2, 0.25) is 5.88 Å². The van der Waals surface area contributed by atoms with Crippen molar-refractivity contribution in [2.75, 3.05) is 6.61 Å². The Morgan fingerprint density at radius 3 is 2.57 bits per heavy atom. The third-order valence-electron chi connectivity index (χ3n) is 2.44. The zero-order valence-corrected chi connectivity index (χ0v) is 14.1. The summed E-state index contributed by atoms with van der Waals surface area (Å²) in [5.41, 5.74) is 0. The van der Waals surface area contributed by atoms with Gasteiger partial charge in [0.1, 0.15) is 11.1 Å². The van der Waals surface area contributed by atoms with Crippen LogP contribution in [0.25, 0.3) is 0 Å². The summed E-state index contributed by atoms with van der Waals surface area (Å²) >= 11 is 17.6. The maximum absolute atomic E-state index is 10.8. The monoisotopic (exact) mass is 355 g/mol. The molecule has 0 amide bonds. The molecule has 1 heterocycles. The van der Waals surface area contributed by atoms with Crippen LogP contribution in [0.2, 0.25) is 15.2 Å². The average Bonchev–Trinajstić information content (AvgIpc) is 2.39. The highest BCUT2D eigenvalue weighted by Crippen LogP contribution is 2.31. The Balaban J connectivity index is 2.62. The Morgan fingerprint density at radius 2 is 2.00 bits per heavy atom. The molecule has 0 aliphatic heterocycles. The number of ether oxygens (including phenoxy) is 3. The van der Waals surface area contributed by atoms with E-state index in [1.165, 1.54) is 13.0 Å². The fourth-order valence-corrected chi connectivity index (χ4v) is 1.95. The number of halogens is 3. The normalized spacial score (nSPS) is 13.6. The second-order valence-electron chi connectivity index (χ2n) is 4.21. The molecule has 1 rings (SSSR count). The fraction of sp³-hybridized carbons (Fsp3) is 0.538. The zero-order chi connectivity index (χ0) is 16.0. The molecule has 0 aromatic carbocycles. The van der Waals surface area contributed by atoms with Gasteiger partial charge in [-0.25, -0.2) is 0 Å². The Kier molecular flexibility index (Phi) is 7.52. The lowest BCUT2D eigenvalue weighted by Crippen LogP contribution is -2.27. The first-order chi connectivity index (χ1) is 9.83. The lowest BCUT2D eigenvalue weighted by atomic mass is 10.3. The summed E-state index contributed by atoms with van der Waals surface area (Å²) in [4.78, 5) is 14.8. The topological polar surface area (TPSA) is 57.7 Å². The minimum absolute atomic E-state index is 0.111. The Morgan fingerprint density at radius 1 is 1.33 bits per heavy atom. The van der Waals surface area contributed by atoms with E-state index in [-0.39, 0.29) is 33.8 Å². The number of rotatable bonds is 7. The predicted octanol–water partition coefficient (Wildman–Crippen LogP) is 4.12. The highest BCUT2D eigenvalue weighted by Gasteiger charge is 2.16.